The summed E-state index contributed by atoms with van der Waals surface area (Å²) in [6.07, 6.45) is -1.12. The molecule has 3 aromatic heterocycles. The van der Waals surface area contributed by atoms with Gasteiger partial charge in [0.25, 0.3) is 0 Å². The number of rotatable bonds is 1. The van der Waals surface area contributed by atoms with E-state index < -0.39 is 11.7 Å². The van der Waals surface area contributed by atoms with Gasteiger partial charge in [-0.25, -0.2) is 9.50 Å². The summed E-state index contributed by atoms with van der Waals surface area (Å²) in [5, 5.41) is 4.64. The van der Waals surface area contributed by atoms with Crippen molar-refractivity contribution in [3.63, 3.8) is 0 Å². The van der Waals surface area contributed by atoms with E-state index in [4.69, 9.17) is 0 Å². The summed E-state index contributed by atoms with van der Waals surface area (Å²) < 4.78 is 40.6. The standard InChI is InChI=1S/C17H16F3N5/c1-10-5-14-8-21-11(2)25(14)23-16(10)24-4-3-15-12(9-24)6-13(7-22-15)17(18,19)20/h5-8H,3-4,9H2,1-2H3. The summed E-state index contributed by atoms with van der Waals surface area (Å²) in [4.78, 5) is 10.3. The molecule has 0 saturated carbocycles. The van der Waals surface area contributed by atoms with Gasteiger partial charge in [0.15, 0.2) is 5.82 Å². The number of hydrogen-bond donors (Lipinski definition) is 0. The van der Waals surface area contributed by atoms with Gasteiger partial charge in [0.1, 0.15) is 5.82 Å². The van der Waals surface area contributed by atoms with Gasteiger partial charge in [-0.2, -0.15) is 13.2 Å². The second-order valence-corrected chi connectivity index (χ2v) is 6.29. The molecule has 130 valence electrons. The summed E-state index contributed by atoms with van der Waals surface area (Å²) in [6.45, 7) is 4.84. The minimum absolute atomic E-state index is 0.360. The van der Waals surface area contributed by atoms with E-state index in [1.165, 1.54) is 6.07 Å². The van der Waals surface area contributed by atoms with E-state index in [-0.39, 0.29) is 0 Å². The lowest BCUT2D eigenvalue weighted by molar-refractivity contribution is -0.137. The number of halogens is 3. The smallest absolute Gasteiger partial charge is 0.350 e. The molecule has 1 aliphatic rings. The van der Waals surface area contributed by atoms with E-state index >= 15 is 0 Å². The molecule has 0 radical (unpaired) electrons. The molecule has 0 unspecified atom stereocenters. The minimum atomic E-state index is -4.38. The van der Waals surface area contributed by atoms with Crippen LogP contribution in [0.15, 0.2) is 24.5 Å². The molecule has 0 atom stereocenters. The van der Waals surface area contributed by atoms with Crippen molar-refractivity contribution in [3.8, 4) is 0 Å². The molecule has 25 heavy (non-hydrogen) atoms. The summed E-state index contributed by atoms with van der Waals surface area (Å²) in [6, 6.07) is 3.19. The highest BCUT2D eigenvalue weighted by molar-refractivity contribution is 5.56. The molecule has 1 aliphatic heterocycles. The van der Waals surface area contributed by atoms with Gasteiger partial charge < -0.3 is 4.90 Å². The molecule has 0 spiro atoms. The SMILES string of the molecule is Cc1cc2cnc(C)n2nc1N1CCc2ncc(C(F)(F)F)cc2C1. The van der Waals surface area contributed by atoms with Crippen molar-refractivity contribution in [1.29, 1.82) is 0 Å². The third-order valence-corrected chi connectivity index (χ3v) is 4.51. The van der Waals surface area contributed by atoms with E-state index in [0.29, 0.717) is 25.1 Å². The fraction of sp³-hybridized carbons (Fsp3) is 0.353. The van der Waals surface area contributed by atoms with Crippen molar-refractivity contribution in [2.45, 2.75) is 33.0 Å². The molecule has 0 saturated heterocycles. The number of aromatic nitrogens is 4. The Labute approximate surface area is 142 Å². The number of anilines is 1. The first-order chi connectivity index (χ1) is 11.8. The molecular weight excluding hydrogens is 331 g/mol. The van der Waals surface area contributed by atoms with Crippen LogP contribution in [0.3, 0.4) is 0 Å². The molecule has 4 heterocycles. The lowest BCUT2D eigenvalue weighted by atomic mass is 10.0. The summed E-state index contributed by atoms with van der Waals surface area (Å²) in [5.74, 6) is 1.53. The molecule has 0 N–H and O–H groups in total. The Morgan fingerprint density at radius 2 is 1.88 bits per heavy atom. The van der Waals surface area contributed by atoms with Crippen molar-refractivity contribution in [3.05, 3.63) is 52.7 Å². The van der Waals surface area contributed by atoms with Gasteiger partial charge in [0, 0.05) is 31.4 Å². The van der Waals surface area contributed by atoms with Crippen LogP contribution < -0.4 is 4.90 Å². The Morgan fingerprint density at radius 1 is 1.08 bits per heavy atom. The number of fused-ring (bicyclic) bond motifs is 2. The van der Waals surface area contributed by atoms with E-state index in [2.05, 4.69) is 15.1 Å². The van der Waals surface area contributed by atoms with Gasteiger partial charge >= 0.3 is 6.18 Å². The van der Waals surface area contributed by atoms with Gasteiger partial charge in [-0.05, 0) is 37.1 Å². The first-order valence-electron chi connectivity index (χ1n) is 7.95. The number of pyridine rings is 1. The third kappa shape index (κ3) is 2.71. The number of aryl methyl sites for hydroxylation is 2. The maximum atomic E-state index is 12.9. The lowest BCUT2D eigenvalue weighted by Crippen LogP contribution is -2.33. The highest BCUT2D eigenvalue weighted by atomic mass is 19.4. The largest absolute Gasteiger partial charge is 0.417 e. The van der Waals surface area contributed by atoms with Crippen molar-refractivity contribution >= 4 is 11.3 Å². The van der Waals surface area contributed by atoms with Crippen LogP contribution in [-0.4, -0.2) is 26.1 Å². The van der Waals surface area contributed by atoms with Crippen molar-refractivity contribution in [2.75, 3.05) is 11.4 Å². The first kappa shape index (κ1) is 15.9. The number of imidazole rings is 1. The third-order valence-electron chi connectivity index (χ3n) is 4.51. The van der Waals surface area contributed by atoms with Gasteiger partial charge in [-0.15, -0.1) is 5.10 Å². The molecule has 0 aliphatic carbocycles. The van der Waals surface area contributed by atoms with Crippen LogP contribution >= 0.6 is 0 Å². The zero-order valence-electron chi connectivity index (χ0n) is 13.8. The van der Waals surface area contributed by atoms with Crippen LogP contribution in [-0.2, 0) is 19.1 Å². The number of nitrogens with zero attached hydrogens (tertiary/aromatic N) is 5. The van der Waals surface area contributed by atoms with E-state index in [0.717, 1.165) is 34.6 Å². The zero-order valence-corrected chi connectivity index (χ0v) is 13.8. The van der Waals surface area contributed by atoms with E-state index in [1.807, 2.05) is 24.8 Å². The van der Waals surface area contributed by atoms with Crippen LogP contribution in [0.4, 0.5) is 19.0 Å². The average Bonchev–Trinajstić information content (AvgIpc) is 2.92. The Morgan fingerprint density at radius 3 is 2.64 bits per heavy atom. The monoisotopic (exact) mass is 347 g/mol. The molecule has 4 rings (SSSR count). The normalized spacial score (nSPS) is 14.8. The van der Waals surface area contributed by atoms with Gasteiger partial charge in [-0.3, -0.25) is 4.98 Å². The van der Waals surface area contributed by atoms with Crippen LogP contribution in [0.2, 0.25) is 0 Å². The first-order valence-corrected chi connectivity index (χ1v) is 7.95. The topological polar surface area (TPSA) is 46.3 Å². The Hall–Kier alpha value is -2.64. The Kier molecular flexibility index (Phi) is 3.45. The second kappa shape index (κ2) is 5.44. The highest BCUT2D eigenvalue weighted by Gasteiger charge is 2.32. The van der Waals surface area contributed by atoms with Crippen LogP contribution in [0.1, 0.15) is 28.2 Å². The van der Waals surface area contributed by atoms with Crippen molar-refractivity contribution in [2.24, 2.45) is 0 Å². The van der Waals surface area contributed by atoms with E-state index in [9.17, 15) is 13.2 Å². The average molecular weight is 347 g/mol. The maximum Gasteiger partial charge on any atom is 0.417 e. The molecular formula is C17H16F3N5. The predicted molar refractivity (Wildman–Crippen MR) is 86.5 cm³/mol. The number of alkyl halides is 3. The fourth-order valence-electron chi connectivity index (χ4n) is 3.22. The highest BCUT2D eigenvalue weighted by Crippen LogP contribution is 2.32. The Bertz CT molecular complexity index is 961. The van der Waals surface area contributed by atoms with Crippen LogP contribution in [0, 0.1) is 13.8 Å². The minimum Gasteiger partial charge on any atom is -0.350 e. The van der Waals surface area contributed by atoms with Gasteiger partial charge in [0.05, 0.1) is 17.3 Å². The quantitative estimate of drug-likeness (QED) is 0.677. The summed E-state index contributed by atoms with van der Waals surface area (Å²) in [5.41, 5.74) is 2.48. The van der Waals surface area contributed by atoms with Crippen LogP contribution in [0.5, 0.6) is 0 Å². The molecule has 0 fully saturated rings. The van der Waals surface area contributed by atoms with E-state index in [1.54, 1.807) is 10.7 Å². The van der Waals surface area contributed by atoms with Gasteiger partial charge in [0.2, 0.25) is 0 Å². The lowest BCUT2D eigenvalue weighted by Gasteiger charge is -2.30. The summed E-state index contributed by atoms with van der Waals surface area (Å²) >= 11 is 0. The zero-order chi connectivity index (χ0) is 17.8. The van der Waals surface area contributed by atoms with Crippen LogP contribution in [0.25, 0.3) is 5.52 Å². The second-order valence-electron chi connectivity index (χ2n) is 6.29. The van der Waals surface area contributed by atoms with Gasteiger partial charge in [-0.1, -0.05) is 0 Å². The molecule has 8 heteroatoms. The summed E-state index contributed by atoms with van der Waals surface area (Å²) in [7, 11) is 0. The Balaban J connectivity index is 1.72. The molecule has 3 aromatic rings. The molecule has 0 amide bonds. The van der Waals surface area contributed by atoms with Crippen molar-refractivity contribution < 1.29 is 13.2 Å². The maximum absolute atomic E-state index is 12.9. The molecule has 0 aromatic carbocycles. The number of hydrogen-bond acceptors (Lipinski definition) is 4. The molecule has 0 bridgehead atoms. The predicted octanol–water partition coefficient (Wildman–Crippen LogP) is 3.32. The fourth-order valence-corrected chi connectivity index (χ4v) is 3.22. The molecule has 5 nitrogen and oxygen atoms in total. The van der Waals surface area contributed by atoms with Crippen molar-refractivity contribution in [1.82, 2.24) is 19.6 Å².